The van der Waals surface area contributed by atoms with Gasteiger partial charge < -0.3 is 5.73 Å². The molecule has 4 rings (SSSR count). The molecule has 0 unspecified atom stereocenters. The number of anilines is 1. The normalized spacial score (nSPS) is 10.8. The fourth-order valence-corrected chi connectivity index (χ4v) is 3.29. The second-order valence-corrected chi connectivity index (χ2v) is 6.66. The number of benzene rings is 2. The van der Waals surface area contributed by atoms with Crippen LogP contribution in [0, 0.1) is 24.1 Å². The van der Waals surface area contributed by atoms with Crippen LogP contribution in [0.3, 0.4) is 0 Å². The molecule has 136 valence electrons. The minimum atomic E-state index is -0.365. The van der Waals surface area contributed by atoms with E-state index in [0.29, 0.717) is 33.1 Å². The molecule has 0 spiro atoms. The fourth-order valence-electron chi connectivity index (χ4n) is 3.02. The summed E-state index contributed by atoms with van der Waals surface area (Å²) in [5.41, 5.74) is 9.74. The average molecular weight is 390 g/mol. The SMILES string of the molecule is Cc1ccnc2c(Cl)cc(-c3nc(C#N)c(N)nc3-c3ccc(F)cc3)cc12. The molecule has 0 aliphatic rings. The lowest BCUT2D eigenvalue weighted by Gasteiger charge is -2.12. The molecule has 0 radical (unpaired) electrons. The van der Waals surface area contributed by atoms with Crippen LogP contribution in [0.25, 0.3) is 33.4 Å². The van der Waals surface area contributed by atoms with Gasteiger partial charge in [0.2, 0.25) is 0 Å². The Kier molecular flexibility index (Phi) is 4.38. The van der Waals surface area contributed by atoms with E-state index in [2.05, 4.69) is 15.0 Å². The summed E-state index contributed by atoms with van der Waals surface area (Å²) in [6, 6.07) is 13.3. The molecular formula is C21H13ClFN5. The van der Waals surface area contributed by atoms with Crippen LogP contribution in [-0.2, 0) is 0 Å². The number of halogens is 2. The number of nitriles is 1. The Morgan fingerprint density at radius 1 is 1.04 bits per heavy atom. The van der Waals surface area contributed by atoms with Crippen LogP contribution in [0.5, 0.6) is 0 Å². The van der Waals surface area contributed by atoms with E-state index in [9.17, 15) is 9.65 Å². The number of rotatable bonds is 2. The molecule has 28 heavy (non-hydrogen) atoms. The quantitative estimate of drug-likeness (QED) is 0.526. The molecule has 0 saturated heterocycles. The molecule has 4 aromatic rings. The molecule has 0 bridgehead atoms. The van der Waals surface area contributed by atoms with Gasteiger partial charge in [-0.1, -0.05) is 11.6 Å². The van der Waals surface area contributed by atoms with Crippen LogP contribution >= 0.6 is 11.6 Å². The maximum Gasteiger partial charge on any atom is 0.183 e. The minimum absolute atomic E-state index is 0.00954. The number of hydrogen-bond acceptors (Lipinski definition) is 5. The van der Waals surface area contributed by atoms with E-state index < -0.39 is 0 Å². The Balaban J connectivity index is 2.04. The van der Waals surface area contributed by atoms with Crippen molar-refractivity contribution in [3.05, 3.63) is 70.8 Å². The highest BCUT2D eigenvalue weighted by Gasteiger charge is 2.17. The Labute approximate surface area is 165 Å². The number of hydrogen-bond donors (Lipinski definition) is 1. The predicted molar refractivity (Wildman–Crippen MR) is 107 cm³/mol. The Morgan fingerprint density at radius 2 is 1.75 bits per heavy atom. The number of nitrogens with zero attached hydrogens (tertiary/aromatic N) is 4. The third-order valence-electron chi connectivity index (χ3n) is 4.44. The summed E-state index contributed by atoms with van der Waals surface area (Å²) in [7, 11) is 0. The molecule has 0 atom stereocenters. The van der Waals surface area contributed by atoms with Gasteiger partial charge in [0.1, 0.15) is 11.9 Å². The van der Waals surface area contributed by atoms with Crippen molar-refractivity contribution in [3.63, 3.8) is 0 Å². The van der Waals surface area contributed by atoms with E-state index in [1.165, 1.54) is 12.1 Å². The Morgan fingerprint density at radius 3 is 2.46 bits per heavy atom. The van der Waals surface area contributed by atoms with Gasteiger partial charge >= 0.3 is 0 Å². The lowest BCUT2D eigenvalue weighted by molar-refractivity contribution is 0.628. The van der Waals surface area contributed by atoms with E-state index in [4.69, 9.17) is 17.3 Å². The fraction of sp³-hybridized carbons (Fsp3) is 0.0476. The molecular weight excluding hydrogens is 377 g/mol. The Hall–Kier alpha value is -3.56. The van der Waals surface area contributed by atoms with Crippen LogP contribution in [0.2, 0.25) is 5.02 Å². The van der Waals surface area contributed by atoms with Crippen molar-refractivity contribution in [2.24, 2.45) is 0 Å². The third-order valence-corrected chi connectivity index (χ3v) is 4.72. The first-order valence-electron chi connectivity index (χ1n) is 8.36. The van der Waals surface area contributed by atoms with Crippen molar-refractivity contribution < 1.29 is 4.39 Å². The lowest BCUT2D eigenvalue weighted by atomic mass is 10.0. The van der Waals surface area contributed by atoms with Gasteiger partial charge in [-0.3, -0.25) is 4.98 Å². The van der Waals surface area contributed by atoms with Gasteiger partial charge in [0.05, 0.1) is 21.9 Å². The van der Waals surface area contributed by atoms with Gasteiger partial charge in [-0.05, 0) is 55.0 Å². The zero-order chi connectivity index (χ0) is 19.8. The molecule has 0 aliphatic heterocycles. The largest absolute Gasteiger partial charge is 0.381 e. The molecule has 0 saturated carbocycles. The monoisotopic (exact) mass is 389 g/mol. The summed E-state index contributed by atoms with van der Waals surface area (Å²) >= 11 is 6.46. The van der Waals surface area contributed by atoms with E-state index in [0.717, 1.165) is 10.9 Å². The predicted octanol–water partition coefficient (Wildman–Crippen LogP) is 4.91. The van der Waals surface area contributed by atoms with Gasteiger partial charge in [-0.15, -0.1) is 0 Å². The number of aromatic nitrogens is 3. The van der Waals surface area contributed by atoms with Gasteiger partial charge in [-0.2, -0.15) is 5.26 Å². The molecule has 5 nitrogen and oxygen atoms in total. The van der Waals surface area contributed by atoms with E-state index in [-0.39, 0.29) is 17.3 Å². The molecule has 2 aromatic heterocycles. The van der Waals surface area contributed by atoms with Crippen molar-refractivity contribution in [2.45, 2.75) is 6.92 Å². The number of nitrogen functional groups attached to an aromatic ring is 1. The zero-order valence-electron chi connectivity index (χ0n) is 14.7. The third kappa shape index (κ3) is 3.02. The maximum atomic E-state index is 13.4. The van der Waals surface area contributed by atoms with E-state index in [1.54, 1.807) is 24.4 Å². The van der Waals surface area contributed by atoms with Gasteiger partial charge in [0.25, 0.3) is 0 Å². The van der Waals surface area contributed by atoms with Crippen molar-refractivity contribution >= 4 is 28.3 Å². The summed E-state index contributed by atoms with van der Waals surface area (Å²) in [6.07, 6.45) is 1.70. The van der Waals surface area contributed by atoms with Crippen LogP contribution in [0.4, 0.5) is 10.2 Å². The molecule has 2 aromatic carbocycles. The van der Waals surface area contributed by atoms with Crippen molar-refractivity contribution in [2.75, 3.05) is 5.73 Å². The number of aryl methyl sites for hydroxylation is 1. The highest BCUT2D eigenvalue weighted by Crippen LogP contribution is 2.35. The first-order chi connectivity index (χ1) is 13.5. The maximum absolute atomic E-state index is 13.4. The summed E-state index contributed by atoms with van der Waals surface area (Å²) in [5, 5.41) is 10.7. The first kappa shape index (κ1) is 17.8. The van der Waals surface area contributed by atoms with Crippen molar-refractivity contribution in [3.8, 4) is 28.6 Å². The molecule has 0 fully saturated rings. The van der Waals surface area contributed by atoms with Crippen LogP contribution in [0.15, 0.2) is 48.7 Å². The van der Waals surface area contributed by atoms with E-state index >= 15 is 0 Å². The van der Waals surface area contributed by atoms with Crippen molar-refractivity contribution in [1.29, 1.82) is 5.26 Å². The van der Waals surface area contributed by atoms with Crippen molar-refractivity contribution in [1.82, 2.24) is 15.0 Å². The second kappa shape index (κ2) is 6.87. The highest BCUT2D eigenvalue weighted by atomic mass is 35.5. The highest BCUT2D eigenvalue weighted by molar-refractivity contribution is 6.35. The molecule has 0 amide bonds. The number of nitrogens with two attached hydrogens (primary N) is 1. The summed E-state index contributed by atoms with van der Waals surface area (Å²) in [6.45, 7) is 1.96. The minimum Gasteiger partial charge on any atom is -0.381 e. The van der Waals surface area contributed by atoms with Gasteiger partial charge in [-0.25, -0.2) is 14.4 Å². The smallest absolute Gasteiger partial charge is 0.183 e. The molecule has 2 N–H and O–H groups in total. The molecule has 7 heteroatoms. The standard InChI is InChI=1S/C21H13ClFN5/c1-11-6-7-26-20-15(11)8-13(9-16(20)22)19-18(12-2-4-14(23)5-3-12)28-21(25)17(10-24)27-19/h2-9H,1H3,(H2,25,28). The van der Waals surface area contributed by atoms with Gasteiger partial charge in [0.15, 0.2) is 11.5 Å². The number of fused-ring (bicyclic) bond motifs is 1. The van der Waals surface area contributed by atoms with Crippen LogP contribution in [-0.4, -0.2) is 15.0 Å². The summed E-state index contributed by atoms with van der Waals surface area (Å²) in [5.74, 6) is -0.356. The molecule has 0 aliphatic carbocycles. The first-order valence-corrected chi connectivity index (χ1v) is 8.74. The zero-order valence-corrected chi connectivity index (χ0v) is 15.5. The molecule has 2 heterocycles. The summed E-state index contributed by atoms with van der Waals surface area (Å²) in [4.78, 5) is 13.1. The lowest BCUT2D eigenvalue weighted by Crippen LogP contribution is -2.03. The average Bonchev–Trinajstić information content (AvgIpc) is 2.69. The van der Waals surface area contributed by atoms with Gasteiger partial charge in [0, 0.05) is 22.7 Å². The van der Waals surface area contributed by atoms with Crippen LogP contribution in [0.1, 0.15) is 11.3 Å². The number of pyridine rings is 1. The Bertz CT molecular complexity index is 1260. The second-order valence-electron chi connectivity index (χ2n) is 6.26. The van der Waals surface area contributed by atoms with Crippen LogP contribution < -0.4 is 5.73 Å². The topological polar surface area (TPSA) is 88.5 Å². The van der Waals surface area contributed by atoms with E-state index in [1.807, 2.05) is 25.1 Å². The summed E-state index contributed by atoms with van der Waals surface area (Å²) < 4.78 is 13.4.